The van der Waals surface area contributed by atoms with Crippen LogP contribution in [0.25, 0.3) is 0 Å². The van der Waals surface area contributed by atoms with Crippen LogP contribution >= 0.6 is 0 Å². The number of fused-ring (bicyclic) bond motifs is 1. The number of nitrogens with zero attached hydrogens (tertiary/aromatic N) is 1. The SMILES string of the molecule is O=c1cc[nH]c2c1N=CCC2. The van der Waals surface area contributed by atoms with Crippen LogP contribution in [0.4, 0.5) is 5.69 Å². The summed E-state index contributed by atoms with van der Waals surface area (Å²) >= 11 is 0. The number of nitrogens with one attached hydrogen (secondary N) is 1. The third-order valence-electron chi connectivity index (χ3n) is 1.76. The first kappa shape index (κ1) is 6.34. The fraction of sp³-hybridized carbons (Fsp3) is 0.250. The van der Waals surface area contributed by atoms with E-state index in [1.54, 1.807) is 12.4 Å². The molecule has 0 aromatic carbocycles. The molecule has 2 heterocycles. The Labute approximate surface area is 63.8 Å². The lowest BCUT2D eigenvalue weighted by atomic mass is 10.1. The lowest BCUT2D eigenvalue weighted by Crippen LogP contribution is -2.07. The summed E-state index contributed by atoms with van der Waals surface area (Å²) in [6.07, 6.45) is 5.28. The van der Waals surface area contributed by atoms with Gasteiger partial charge in [-0.3, -0.25) is 9.79 Å². The zero-order chi connectivity index (χ0) is 7.68. The molecule has 1 aromatic heterocycles. The summed E-state index contributed by atoms with van der Waals surface area (Å²) in [5.74, 6) is 0. The first-order valence-electron chi connectivity index (χ1n) is 3.61. The zero-order valence-corrected chi connectivity index (χ0v) is 6.00. The Balaban J connectivity index is 2.70. The van der Waals surface area contributed by atoms with Gasteiger partial charge in [0.25, 0.3) is 0 Å². The van der Waals surface area contributed by atoms with Crippen molar-refractivity contribution in [3.8, 4) is 0 Å². The summed E-state index contributed by atoms with van der Waals surface area (Å²) in [5, 5.41) is 0. The van der Waals surface area contributed by atoms with Gasteiger partial charge in [-0.2, -0.15) is 0 Å². The Morgan fingerprint density at radius 3 is 3.27 bits per heavy atom. The topological polar surface area (TPSA) is 45.2 Å². The third-order valence-corrected chi connectivity index (χ3v) is 1.76. The quantitative estimate of drug-likeness (QED) is 0.586. The van der Waals surface area contributed by atoms with Gasteiger partial charge in [-0.25, -0.2) is 0 Å². The number of rotatable bonds is 0. The summed E-state index contributed by atoms with van der Waals surface area (Å²) < 4.78 is 0. The largest absolute Gasteiger partial charge is 0.363 e. The molecule has 11 heavy (non-hydrogen) atoms. The van der Waals surface area contributed by atoms with Gasteiger partial charge in [0.05, 0.1) is 0 Å². The molecular formula is C8H8N2O. The van der Waals surface area contributed by atoms with Gasteiger partial charge in [-0.1, -0.05) is 0 Å². The molecule has 0 unspecified atom stereocenters. The maximum Gasteiger partial charge on any atom is 0.207 e. The molecule has 0 spiro atoms. The summed E-state index contributed by atoms with van der Waals surface area (Å²) in [6, 6.07) is 1.50. The first-order chi connectivity index (χ1) is 5.38. The van der Waals surface area contributed by atoms with Crippen LogP contribution in [0, 0.1) is 0 Å². The predicted octanol–water partition coefficient (Wildman–Crippen LogP) is 1.02. The first-order valence-corrected chi connectivity index (χ1v) is 3.61. The van der Waals surface area contributed by atoms with Crippen molar-refractivity contribution in [1.82, 2.24) is 4.98 Å². The fourth-order valence-corrected chi connectivity index (χ4v) is 1.21. The molecule has 0 saturated carbocycles. The molecule has 1 aliphatic heterocycles. The van der Waals surface area contributed by atoms with Crippen LogP contribution in [0.1, 0.15) is 12.1 Å². The van der Waals surface area contributed by atoms with Crippen molar-refractivity contribution in [1.29, 1.82) is 0 Å². The van der Waals surface area contributed by atoms with Crippen LogP contribution in [-0.4, -0.2) is 11.2 Å². The van der Waals surface area contributed by atoms with E-state index in [2.05, 4.69) is 9.98 Å². The average Bonchev–Trinajstić information content (AvgIpc) is 2.06. The normalized spacial score (nSPS) is 14.5. The summed E-state index contributed by atoms with van der Waals surface area (Å²) in [5.41, 5.74) is 1.55. The van der Waals surface area contributed by atoms with Crippen LogP contribution in [0.15, 0.2) is 22.1 Å². The van der Waals surface area contributed by atoms with Gasteiger partial charge in [0.15, 0.2) is 0 Å². The molecule has 0 amide bonds. The van der Waals surface area contributed by atoms with Gasteiger partial charge in [-0.05, 0) is 12.8 Å². The van der Waals surface area contributed by atoms with Crippen molar-refractivity contribution in [2.24, 2.45) is 4.99 Å². The number of aryl methyl sites for hydroxylation is 1. The predicted molar refractivity (Wildman–Crippen MR) is 43.5 cm³/mol. The van der Waals surface area contributed by atoms with Gasteiger partial charge in [0.1, 0.15) is 5.69 Å². The number of pyridine rings is 1. The van der Waals surface area contributed by atoms with E-state index in [0.29, 0.717) is 5.69 Å². The van der Waals surface area contributed by atoms with Gasteiger partial charge < -0.3 is 4.98 Å². The molecule has 0 fully saturated rings. The Hall–Kier alpha value is -1.38. The van der Waals surface area contributed by atoms with E-state index in [1.165, 1.54) is 6.07 Å². The van der Waals surface area contributed by atoms with E-state index < -0.39 is 0 Å². The van der Waals surface area contributed by atoms with Gasteiger partial charge in [0, 0.05) is 24.2 Å². The van der Waals surface area contributed by atoms with Crippen molar-refractivity contribution in [3.05, 3.63) is 28.2 Å². The highest BCUT2D eigenvalue weighted by Gasteiger charge is 2.07. The average molecular weight is 148 g/mol. The third kappa shape index (κ3) is 0.981. The minimum absolute atomic E-state index is 0.00898. The van der Waals surface area contributed by atoms with Crippen molar-refractivity contribution < 1.29 is 0 Å². The van der Waals surface area contributed by atoms with Crippen LogP contribution < -0.4 is 5.43 Å². The number of aliphatic imine (C=N–C) groups is 1. The van der Waals surface area contributed by atoms with Crippen molar-refractivity contribution in [3.63, 3.8) is 0 Å². The lowest BCUT2D eigenvalue weighted by molar-refractivity contribution is 0.954. The summed E-state index contributed by atoms with van der Waals surface area (Å²) in [4.78, 5) is 18.2. The standard InChI is InChI=1S/C8H8N2O/c11-7-3-5-9-6-2-1-4-10-8(6)7/h3-5H,1-2H2,(H,9,11). The van der Waals surface area contributed by atoms with Crippen LogP contribution in [0.2, 0.25) is 0 Å². The number of hydrogen-bond acceptors (Lipinski definition) is 2. The van der Waals surface area contributed by atoms with Gasteiger partial charge in [0.2, 0.25) is 5.43 Å². The minimum Gasteiger partial charge on any atom is -0.363 e. The van der Waals surface area contributed by atoms with Gasteiger partial charge in [-0.15, -0.1) is 0 Å². The number of aromatic nitrogens is 1. The highest BCUT2D eigenvalue weighted by atomic mass is 16.1. The second-order valence-electron chi connectivity index (χ2n) is 2.52. The molecule has 3 heteroatoms. The maximum absolute atomic E-state index is 11.1. The molecular weight excluding hydrogens is 140 g/mol. The molecule has 0 radical (unpaired) electrons. The van der Waals surface area contributed by atoms with Crippen LogP contribution in [0.5, 0.6) is 0 Å². The Bertz CT molecular complexity index is 351. The fourth-order valence-electron chi connectivity index (χ4n) is 1.21. The molecule has 56 valence electrons. The molecule has 2 rings (SSSR count). The lowest BCUT2D eigenvalue weighted by Gasteiger charge is -2.06. The molecule has 0 saturated heterocycles. The highest BCUT2D eigenvalue weighted by molar-refractivity contribution is 5.67. The summed E-state index contributed by atoms with van der Waals surface area (Å²) in [6.45, 7) is 0. The molecule has 1 aliphatic rings. The van der Waals surface area contributed by atoms with E-state index in [-0.39, 0.29) is 5.43 Å². The van der Waals surface area contributed by atoms with Crippen molar-refractivity contribution >= 4 is 11.9 Å². The number of aromatic amines is 1. The second-order valence-corrected chi connectivity index (χ2v) is 2.52. The summed E-state index contributed by atoms with van der Waals surface area (Å²) in [7, 11) is 0. The van der Waals surface area contributed by atoms with E-state index >= 15 is 0 Å². The Morgan fingerprint density at radius 2 is 2.45 bits per heavy atom. The number of H-pyrrole nitrogens is 1. The van der Waals surface area contributed by atoms with Crippen molar-refractivity contribution in [2.45, 2.75) is 12.8 Å². The minimum atomic E-state index is 0.00898. The van der Waals surface area contributed by atoms with E-state index in [9.17, 15) is 4.79 Å². The van der Waals surface area contributed by atoms with Crippen LogP contribution in [0.3, 0.4) is 0 Å². The van der Waals surface area contributed by atoms with E-state index in [0.717, 1.165) is 18.5 Å². The molecule has 0 aliphatic carbocycles. The number of hydrogen-bond donors (Lipinski definition) is 1. The highest BCUT2D eigenvalue weighted by Crippen LogP contribution is 2.15. The monoisotopic (exact) mass is 148 g/mol. The zero-order valence-electron chi connectivity index (χ0n) is 6.00. The Kier molecular flexibility index (Phi) is 1.35. The molecule has 0 bridgehead atoms. The smallest absolute Gasteiger partial charge is 0.207 e. The maximum atomic E-state index is 11.1. The second kappa shape index (κ2) is 2.34. The van der Waals surface area contributed by atoms with E-state index in [1.807, 2.05) is 0 Å². The van der Waals surface area contributed by atoms with E-state index in [4.69, 9.17) is 0 Å². The van der Waals surface area contributed by atoms with Crippen LogP contribution in [-0.2, 0) is 6.42 Å². The molecule has 1 N–H and O–H groups in total. The molecule has 0 atom stereocenters. The molecule has 1 aromatic rings. The Morgan fingerprint density at radius 1 is 1.55 bits per heavy atom. The molecule has 3 nitrogen and oxygen atoms in total. The van der Waals surface area contributed by atoms with Gasteiger partial charge >= 0.3 is 0 Å². The van der Waals surface area contributed by atoms with Crippen molar-refractivity contribution in [2.75, 3.05) is 0 Å².